The molecule has 2 aromatic carbocycles. The summed E-state index contributed by atoms with van der Waals surface area (Å²) in [5, 5.41) is 14.7. The van der Waals surface area contributed by atoms with Crippen LogP contribution in [0.2, 0.25) is 5.02 Å². The second-order valence-corrected chi connectivity index (χ2v) is 8.94. The van der Waals surface area contributed by atoms with Gasteiger partial charge in [0.15, 0.2) is 0 Å². The molecule has 0 spiro atoms. The summed E-state index contributed by atoms with van der Waals surface area (Å²) < 4.78 is 1.35. The lowest BCUT2D eigenvalue weighted by atomic mass is 10.2. The Morgan fingerprint density at radius 3 is 2.59 bits per heavy atom. The van der Waals surface area contributed by atoms with E-state index in [4.69, 9.17) is 11.6 Å². The van der Waals surface area contributed by atoms with Crippen LogP contribution in [0.1, 0.15) is 11.1 Å². The minimum Gasteiger partial charge on any atom is -0.506 e. The maximum Gasteiger partial charge on any atom is 0.254 e. The number of hydrazone groups is 1. The minimum absolute atomic E-state index is 0.0702. The van der Waals surface area contributed by atoms with Crippen molar-refractivity contribution >= 4 is 55.6 Å². The predicted molar refractivity (Wildman–Crippen MR) is 122 cm³/mol. The summed E-state index contributed by atoms with van der Waals surface area (Å²) in [5.41, 5.74) is 4.14. The molecule has 3 rings (SSSR count). The zero-order chi connectivity index (χ0) is 20.8. The second kappa shape index (κ2) is 10.5. The molecule has 154 valence electrons. The van der Waals surface area contributed by atoms with E-state index >= 15 is 0 Å². The van der Waals surface area contributed by atoms with Gasteiger partial charge in [0.05, 0.1) is 17.2 Å². The highest BCUT2D eigenvalue weighted by atomic mass is 79.9. The molecule has 1 amide bonds. The highest BCUT2D eigenvalue weighted by Crippen LogP contribution is 2.30. The zero-order valence-electron chi connectivity index (χ0n) is 15.6. The molecule has 1 saturated heterocycles. The smallest absolute Gasteiger partial charge is 0.254 e. The van der Waals surface area contributed by atoms with E-state index in [2.05, 4.69) is 52.2 Å². The molecule has 0 saturated carbocycles. The molecular formula is C20H21Br2ClN4O2. The van der Waals surface area contributed by atoms with Gasteiger partial charge >= 0.3 is 0 Å². The van der Waals surface area contributed by atoms with Gasteiger partial charge in [-0.15, -0.1) is 0 Å². The van der Waals surface area contributed by atoms with Crippen molar-refractivity contribution in [1.82, 2.24) is 15.2 Å². The van der Waals surface area contributed by atoms with Gasteiger partial charge in [-0.1, -0.05) is 45.7 Å². The van der Waals surface area contributed by atoms with E-state index in [9.17, 15) is 9.90 Å². The van der Waals surface area contributed by atoms with E-state index < -0.39 is 0 Å². The first-order valence-electron chi connectivity index (χ1n) is 9.10. The number of piperazine rings is 1. The van der Waals surface area contributed by atoms with Crippen LogP contribution in [0.5, 0.6) is 5.75 Å². The maximum absolute atomic E-state index is 12.2. The number of nitrogens with one attached hydrogen (secondary N) is 1. The van der Waals surface area contributed by atoms with E-state index in [-0.39, 0.29) is 18.2 Å². The number of hydrogen-bond acceptors (Lipinski definition) is 5. The lowest BCUT2D eigenvalue weighted by Gasteiger charge is -2.34. The van der Waals surface area contributed by atoms with Gasteiger partial charge in [0.1, 0.15) is 5.75 Å². The number of hydrogen-bond donors (Lipinski definition) is 2. The predicted octanol–water partition coefficient (Wildman–Crippen LogP) is 3.84. The quantitative estimate of drug-likeness (QED) is 0.429. The van der Waals surface area contributed by atoms with Gasteiger partial charge in [-0.05, 0) is 39.7 Å². The number of phenols is 1. The molecule has 1 fully saturated rings. The van der Waals surface area contributed by atoms with Crippen LogP contribution in [0.4, 0.5) is 0 Å². The van der Waals surface area contributed by atoms with Crippen LogP contribution >= 0.6 is 43.5 Å². The average molecular weight is 545 g/mol. The molecule has 0 unspecified atom stereocenters. The van der Waals surface area contributed by atoms with Gasteiger partial charge < -0.3 is 5.11 Å². The Morgan fingerprint density at radius 2 is 1.86 bits per heavy atom. The molecule has 0 aliphatic carbocycles. The highest BCUT2D eigenvalue weighted by molar-refractivity contribution is 9.11. The summed E-state index contributed by atoms with van der Waals surface area (Å²) in [5.74, 6) is -0.116. The van der Waals surface area contributed by atoms with Crippen LogP contribution in [0.15, 0.2) is 50.4 Å². The summed E-state index contributed by atoms with van der Waals surface area (Å²) in [6.07, 6.45) is 1.42. The van der Waals surface area contributed by atoms with Crippen LogP contribution in [-0.2, 0) is 11.3 Å². The number of rotatable bonds is 6. The van der Waals surface area contributed by atoms with E-state index in [1.165, 1.54) is 6.21 Å². The van der Waals surface area contributed by atoms with Gasteiger partial charge in [-0.2, -0.15) is 5.10 Å². The number of phenolic OH excluding ortho intramolecular Hbond substituents is 1. The van der Waals surface area contributed by atoms with Crippen molar-refractivity contribution in [1.29, 1.82) is 0 Å². The van der Waals surface area contributed by atoms with Gasteiger partial charge in [-0.25, -0.2) is 5.43 Å². The lowest BCUT2D eigenvalue weighted by molar-refractivity contribution is -0.122. The Balaban J connectivity index is 1.44. The van der Waals surface area contributed by atoms with Crippen molar-refractivity contribution in [3.8, 4) is 5.75 Å². The fraction of sp³-hybridized carbons (Fsp3) is 0.300. The molecule has 0 bridgehead atoms. The van der Waals surface area contributed by atoms with Crippen molar-refractivity contribution in [2.45, 2.75) is 6.54 Å². The Labute approximate surface area is 191 Å². The van der Waals surface area contributed by atoms with Crippen LogP contribution in [0, 0.1) is 0 Å². The first-order valence-corrected chi connectivity index (χ1v) is 11.1. The summed E-state index contributed by atoms with van der Waals surface area (Å²) >= 11 is 12.9. The van der Waals surface area contributed by atoms with Crippen molar-refractivity contribution < 1.29 is 9.90 Å². The SMILES string of the molecule is O=C(CN1CCN(Cc2ccccc2Cl)CC1)N/N=C/c1cc(Br)cc(Br)c1O. The average Bonchev–Trinajstić information content (AvgIpc) is 2.69. The fourth-order valence-corrected chi connectivity index (χ4v) is 4.52. The minimum atomic E-state index is -0.186. The largest absolute Gasteiger partial charge is 0.506 e. The highest BCUT2D eigenvalue weighted by Gasteiger charge is 2.19. The molecule has 1 heterocycles. The monoisotopic (exact) mass is 542 g/mol. The van der Waals surface area contributed by atoms with Crippen LogP contribution in [0.25, 0.3) is 0 Å². The van der Waals surface area contributed by atoms with Crippen molar-refractivity contribution in [2.24, 2.45) is 5.10 Å². The number of carbonyl (C=O) groups is 1. The molecule has 2 N–H and O–H groups in total. The molecular weight excluding hydrogens is 524 g/mol. The summed E-state index contributed by atoms with van der Waals surface area (Å²) in [4.78, 5) is 16.6. The summed E-state index contributed by atoms with van der Waals surface area (Å²) in [6, 6.07) is 11.3. The first-order chi connectivity index (χ1) is 13.9. The van der Waals surface area contributed by atoms with E-state index in [1.807, 2.05) is 24.3 Å². The molecule has 0 aromatic heterocycles. The normalized spacial score (nSPS) is 15.7. The molecule has 0 atom stereocenters. The Kier molecular flexibility index (Phi) is 8.08. The topological polar surface area (TPSA) is 68.2 Å². The third-order valence-electron chi connectivity index (χ3n) is 4.63. The third-order valence-corrected chi connectivity index (χ3v) is 6.07. The molecule has 2 aromatic rings. The molecule has 1 aliphatic heterocycles. The van der Waals surface area contributed by atoms with E-state index in [0.717, 1.165) is 47.8 Å². The van der Waals surface area contributed by atoms with Crippen LogP contribution < -0.4 is 5.43 Å². The number of nitrogens with zero attached hydrogens (tertiary/aromatic N) is 3. The Bertz CT molecular complexity index is 902. The van der Waals surface area contributed by atoms with Crippen molar-refractivity contribution in [3.63, 3.8) is 0 Å². The van der Waals surface area contributed by atoms with E-state index in [1.54, 1.807) is 12.1 Å². The molecule has 29 heavy (non-hydrogen) atoms. The number of aromatic hydroxyl groups is 1. The van der Waals surface area contributed by atoms with Gasteiger partial charge in [-0.3, -0.25) is 14.6 Å². The Hall–Kier alpha value is -1.45. The van der Waals surface area contributed by atoms with Gasteiger partial charge in [0.2, 0.25) is 0 Å². The number of amides is 1. The van der Waals surface area contributed by atoms with Gasteiger partial charge in [0.25, 0.3) is 5.91 Å². The zero-order valence-corrected chi connectivity index (χ0v) is 19.5. The maximum atomic E-state index is 12.2. The Morgan fingerprint density at radius 1 is 1.17 bits per heavy atom. The number of halogens is 3. The summed E-state index contributed by atoms with van der Waals surface area (Å²) in [7, 11) is 0. The second-order valence-electron chi connectivity index (χ2n) is 6.76. The number of benzene rings is 2. The van der Waals surface area contributed by atoms with Crippen molar-refractivity contribution in [3.05, 3.63) is 61.5 Å². The number of carbonyl (C=O) groups excluding carboxylic acids is 1. The van der Waals surface area contributed by atoms with Crippen LogP contribution in [0.3, 0.4) is 0 Å². The summed E-state index contributed by atoms with van der Waals surface area (Å²) in [6.45, 7) is 4.46. The fourth-order valence-electron chi connectivity index (χ4n) is 3.07. The molecule has 9 heteroatoms. The lowest BCUT2D eigenvalue weighted by Crippen LogP contribution is -2.48. The van der Waals surface area contributed by atoms with Crippen LogP contribution in [-0.4, -0.2) is 59.8 Å². The standard InChI is InChI=1S/C20H21Br2ClN4O2/c21-16-9-15(20(29)17(22)10-16)11-24-25-19(28)13-27-7-5-26(6-8-27)12-14-3-1-2-4-18(14)23/h1-4,9-11,29H,5-8,12-13H2,(H,25,28)/b24-11+. The van der Waals surface area contributed by atoms with Crippen molar-refractivity contribution in [2.75, 3.05) is 32.7 Å². The molecule has 0 radical (unpaired) electrons. The molecule has 1 aliphatic rings. The first kappa shape index (κ1) is 22.2. The van der Waals surface area contributed by atoms with Gasteiger partial charge in [0, 0.05) is 47.8 Å². The molecule has 6 nitrogen and oxygen atoms in total. The van der Waals surface area contributed by atoms with E-state index in [0.29, 0.717) is 10.0 Å². The third kappa shape index (κ3) is 6.52.